The summed E-state index contributed by atoms with van der Waals surface area (Å²) < 4.78 is 1.17. The molecule has 21 heavy (non-hydrogen) atoms. The zero-order chi connectivity index (χ0) is 14.8. The molecule has 0 atom stereocenters. The summed E-state index contributed by atoms with van der Waals surface area (Å²) in [5.41, 5.74) is 5.36. The Balaban J connectivity index is 1.93. The number of hydrogen-bond donors (Lipinski definition) is 1. The summed E-state index contributed by atoms with van der Waals surface area (Å²) in [5.74, 6) is 0.745. The molecule has 0 radical (unpaired) electrons. The first-order valence-corrected chi connectivity index (χ1v) is 8.25. The summed E-state index contributed by atoms with van der Waals surface area (Å²) in [5, 5.41) is 3.35. The normalized spacial score (nSPS) is 14.0. The molecule has 0 heterocycles. The van der Waals surface area contributed by atoms with E-state index < -0.39 is 0 Å². The second-order valence-electron chi connectivity index (χ2n) is 5.72. The van der Waals surface area contributed by atoms with E-state index in [2.05, 4.69) is 75.7 Å². The van der Waals surface area contributed by atoms with Crippen molar-refractivity contribution in [2.75, 3.05) is 24.3 Å². The summed E-state index contributed by atoms with van der Waals surface area (Å²) in [6, 6.07) is 15.1. The van der Waals surface area contributed by atoms with Crippen LogP contribution >= 0.6 is 15.9 Å². The lowest BCUT2D eigenvalue weighted by Gasteiger charge is -2.26. The van der Waals surface area contributed by atoms with Crippen LogP contribution in [0.5, 0.6) is 0 Å². The molecule has 0 aromatic heterocycles. The van der Waals surface area contributed by atoms with Crippen LogP contribution < -0.4 is 10.2 Å². The summed E-state index contributed by atoms with van der Waals surface area (Å²) in [4.78, 5) is 2.36. The Hall–Kier alpha value is -1.48. The number of rotatable bonds is 5. The van der Waals surface area contributed by atoms with Crippen LogP contribution in [0.25, 0.3) is 0 Å². The van der Waals surface area contributed by atoms with Gasteiger partial charge in [-0.3, -0.25) is 0 Å². The standard InChI is InChI=1S/C18H21BrN2/c1-20-17-9-5-7-15(13-10-11-13)18(17)21(2)12-14-6-3-4-8-16(14)19/h3-9,13,20H,10-12H2,1-2H3. The Morgan fingerprint density at radius 2 is 1.90 bits per heavy atom. The van der Waals surface area contributed by atoms with Gasteiger partial charge in [-0.2, -0.15) is 0 Å². The van der Waals surface area contributed by atoms with E-state index in [1.807, 2.05) is 7.05 Å². The molecule has 0 amide bonds. The molecular weight excluding hydrogens is 324 g/mol. The second-order valence-corrected chi connectivity index (χ2v) is 6.57. The Labute approximate surface area is 135 Å². The third kappa shape index (κ3) is 3.08. The van der Waals surface area contributed by atoms with Gasteiger partial charge in [-0.05, 0) is 42.0 Å². The Morgan fingerprint density at radius 1 is 1.14 bits per heavy atom. The molecule has 0 unspecified atom stereocenters. The topological polar surface area (TPSA) is 15.3 Å². The monoisotopic (exact) mass is 344 g/mol. The van der Waals surface area contributed by atoms with Crippen LogP contribution in [0.15, 0.2) is 46.9 Å². The summed E-state index contributed by atoms with van der Waals surface area (Å²) in [6.45, 7) is 0.903. The van der Waals surface area contributed by atoms with Crippen LogP contribution in [0.2, 0.25) is 0 Å². The fourth-order valence-corrected chi connectivity index (χ4v) is 3.28. The van der Waals surface area contributed by atoms with E-state index in [1.165, 1.54) is 39.8 Å². The van der Waals surface area contributed by atoms with Crippen molar-refractivity contribution in [3.8, 4) is 0 Å². The van der Waals surface area contributed by atoms with E-state index in [-0.39, 0.29) is 0 Å². The van der Waals surface area contributed by atoms with Crippen molar-refractivity contribution in [2.24, 2.45) is 0 Å². The zero-order valence-corrected chi connectivity index (χ0v) is 14.2. The van der Waals surface area contributed by atoms with Gasteiger partial charge in [0.15, 0.2) is 0 Å². The van der Waals surface area contributed by atoms with Gasteiger partial charge in [-0.1, -0.05) is 46.3 Å². The van der Waals surface area contributed by atoms with Gasteiger partial charge in [-0.25, -0.2) is 0 Å². The van der Waals surface area contributed by atoms with E-state index in [9.17, 15) is 0 Å². The summed E-state index contributed by atoms with van der Waals surface area (Å²) >= 11 is 3.65. The van der Waals surface area contributed by atoms with Gasteiger partial charge in [0.25, 0.3) is 0 Å². The predicted molar refractivity (Wildman–Crippen MR) is 94.2 cm³/mol. The molecule has 0 bridgehead atoms. The maximum atomic E-state index is 3.65. The largest absolute Gasteiger partial charge is 0.386 e. The molecular formula is C18H21BrN2. The van der Waals surface area contributed by atoms with Gasteiger partial charge in [0, 0.05) is 25.1 Å². The maximum absolute atomic E-state index is 3.65. The molecule has 3 heteroatoms. The quantitative estimate of drug-likeness (QED) is 0.820. The average molecular weight is 345 g/mol. The number of para-hydroxylation sites is 1. The van der Waals surface area contributed by atoms with Gasteiger partial charge in [0.1, 0.15) is 0 Å². The van der Waals surface area contributed by atoms with Crippen molar-refractivity contribution in [2.45, 2.75) is 25.3 Å². The van der Waals surface area contributed by atoms with E-state index in [0.29, 0.717) is 0 Å². The van der Waals surface area contributed by atoms with Gasteiger partial charge >= 0.3 is 0 Å². The van der Waals surface area contributed by atoms with Crippen LogP contribution in [0, 0.1) is 0 Å². The Kier molecular flexibility index (Phi) is 4.20. The van der Waals surface area contributed by atoms with Crippen LogP contribution in [0.3, 0.4) is 0 Å². The van der Waals surface area contributed by atoms with E-state index >= 15 is 0 Å². The zero-order valence-electron chi connectivity index (χ0n) is 12.6. The fraction of sp³-hybridized carbons (Fsp3) is 0.333. The third-order valence-electron chi connectivity index (χ3n) is 4.10. The number of halogens is 1. The SMILES string of the molecule is CNc1cccc(C2CC2)c1N(C)Cc1ccccc1Br. The molecule has 2 aromatic rings. The Bertz CT molecular complexity index is 635. The lowest BCUT2D eigenvalue weighted by Crippen LogP contribution is -2.19. The Morgan fingerprint density at radius 3 is 2.57 bits per heavy atom. The summed E-state index contributed by atoms with van der Waals surface area (Å²) in [6.07, 6.45) is 2.64. The van der Waals surface area contributed by atoms with Gasteiger partial charge < -0.3 is 10.2 Å². The minimum absolute atomic E-state index is 0.745. The van der Waals surface area contributed by atoms with Crippen LogP contribution in [-0.4, -0.2) is 14.1 Å². The maximum Gasteiger partial charge on any atom is 0.0637 e. The molecule has 2 aromatic carbocycles. The highest BCUT2D eigenvalue weighted by Gasteiger charge is 2.28. The number of nitrogens with one attached hydrogen (secondary N) is 1. The van der Waals surface area contributed by atoms with Crippen LogP contribution in [0.4, 0.5) is 11.4 Å². The molecule has 1 aliphatic carbocycles. The molecule has 1 fully saturated rings. The molecule has 1 saturated carbocycles. The molecule has 0 saturated heterocycles. The molecule has 3 rings (SSSR count). The van der Waals surface area contributed by atoms with Crippen molar-refractivity contribution in [3.63, 3.8) is 0 Å². The van der Waals surface area contributed by atoms with Gasteiger partial charge in [-0.15, -0.1) is 0 Å². The highest BCUT2D eigenvalue weighted by Crippen LogP contribution is 2.46. The first kappa shape index (κ1) is 14.5. The minimum atomic E-state index is 0.745. The van der Waals surface area contributed by atoms with E-state index in [1.54, 1.807) is 0 Å². The lowest BCUT2D eigenvalue weighted by molar-refractivity contribution is 0.903. The average Bonchev–Trinajstić information content (AvgIpc) is 3.33. The molecule has 0 spiro atoms. The van der Waals surface area contributed by atoms with Crippen LogP contribution in [0.1, 0.15) is 29.9 Å². The van der Waals surface area contributed by atoms with Crippen molar-refractivity contribution < 1.29 is 0 Å². The third-order valence-corrected chi connectivity index (χ3v) is 4.87. The number of hydrogen-bond acceptors (Lipinski definition) is 2. The highest BCUT2D eigenvalue weighted by atomic mass is 79.9. The molecule has 0 aliphatic heterocycles. The van der Waals surface area contributed by atoms with E-state index in [0.717, 1.165) is 12.5 Å². The van der Waals surface area contributed by atoms with Crippen molar-refractivity contribution in [1.29, 1.82) is 0 Å². The molecule has 2 nitrogen and oxygen atoms in total. The first-order chi connectivity index (χ1) is 10.2. The number of nitrogens with zero attached hydrogens (tertiary/aromatic N) is 1. The molecule has 1 N–H and O–H groups in total. The fourth-order valence-electron chi connectivity index (χ4n) is 2.87. The van der Waals surface area contributed by atoms with E-state index in [4.69, 9.17) is 0 Å². The number of anilines is 2. The number of benzene rings is 2. The smallest absolute Gasteiger partial charge is 0.0637 e. The summed E-state index contributed by atoms with van der Waals surface area (Å²) in [7, 11) is 4.18. The van der Waals surface area contributed by atoms with Gasteiger partial charge in [0.05, 0.1) is 11.4 Å². The predicted octanol–water partition coefficient (Wildman–Crippen LogP) is 5.00. The van der Waals surface area contributed by atoms with Gasteiger partial charge in [0.2, 0.25) is 0 Å². The lowest BCUT2D eigenvalue weighted by atomic mass is 10.0. The molecule has 110 valence electrons. The van der Waals surface area contributed by atoms with Crippen molar-refractivity contribution in [3.05, 3.63) is 58.1 Å². The first-order valence-electron chi connectivity index (χ1n) is 7.46. The molecule has 1 aliphatic rings. The minimum Gasteiger partial charge on any atom is -0.386 e. The van der Waals surface area contributed by atoms with Crippen molar-refractivity contribution >= 4 is 27.3 Å². The second kappa shape index (κ2) is 6.10. The van der Waals surface area contributed by atoms with Crippen molar-refractivity contribution in [1.82, 2.24) is 0 Å². The highest BCUT2D eigenvalue weighted by molar-refractivity contribution is 9.10. The van der Waals surface area contributed by atoms with Crippen LogP contribution in [-0.2, 0) is 6.54 Å².